The van der Waals surface area contributed by atoms with Crippen LogP contribution in [0.2, 0.25) is 0 Å². The normalized spacial score (nSPS) is 25.6. The van der Waals surface area contributed by atoms with Crippen LogP contribution in [0.15, 0.2) is 45.2 Å². The average molecular weight is 323 g/mol. The standard InChI is InChI=1S/C14H13BrNOS/c1-9-6-7-13-12(8-9)11-5-3-4-10(2)14(11)16-18(13,15)17/h3-5,7-8H,6H2,1-2H3/q+1. The Morgan fingerprint density at radius 3 is 2.89 bits per heavy atom. The quantitative estimate of drug-likeness (QED) is 0.656. The Labute approximate surface area is 114 Å². The van der Waals surface area contributed by atoms with Crippen LogP contribution >= 0.6 is 23.2 Å². The first-order valence-corrected chi connectivity index (χ1v) is 9.16. The summed E-state index contributed by atoms with van der Waals surface area (Å²) < 4.78 is 17.0. The first-order chi connectivity index (χ1) is 8.49. The zero-order valence-electron chi connectivity index (χ0n) is 10.2. The predicted molar refractivity (Wildman–Crippen MR) is 79.0 cm³/mol. The number of fused-ring (bicyclic) bond motifs is 2. The van der Waals surface area contributed by atoms with E-state index in [4.69, 9.17) is 0 Å². The number of benzene rings is 1. The molecule has 0 fully saturated rings. The summed E-state index contributed by atoms with van der Waals surface area (Å²) in [6.07, 6.45) is 5.00. The first kappa shape index (κ1) is 12.2. The molecular formula is C14H13BrNOS+. The second-order valence-corrected chi connectivity index (χ2v) is 8.87. The molecule has 2 aliphatic rings. The van der Waals surface area contributed by atoms with Gasteiger partial charge in [-0.2, -0.15) is 0 Å². The first-order valence-electron chi connectivity index (χ1n) is 5.80. The summed E-state index contributed by atoms with van der Waals surface area (Å²) in [6.45, 7) is 4.09. The third-order valence-electron chi connectivity index (χ3n) is 3.27. The van der Waals surface area contributed by atoms with Crippen molar-refractivity contribution in [3.8, 4) is 0 Å². The number of rotatable bonds is 0. The number of allylic oxidation sites excluding steroid dienone is 4. The van der Waals surface area contributed by atoms with Crippen LogP contribution in [0.1, 0.15) is 18.9 Å². The molecule has 0 N–H and O–H groups in total. The van der Waals surface area contributed by atoms with Gasteiger partial charge >= 0.3 is 114 Å². The maximum atomic E-state index is 12.6. The van der Waals surface area contributed by atoms with Crippen LogP contribution in [0.25, 0.3) is 5.57 Å². The number of hydrogen-bond acceptors (Lipinski definition) is 1. The predicted octanol–water partition coefficient (Wildman–Crippen LogP) is 3.39. The maximum absolute atomic E-state index is 12.6. The molecule has 1 aromatic carbocycles. The van der Waals surface area contributed by atoms with Crippen molar-refractivity contribution in [2.75, 3.05) is 0 Å². The minimum atomic E-state index is -2.48. The monoisotopic (exact) mass is 322 g/mol. The second kappa shape index (κ2) is 4.08. The zero-order chi connectivity index (χ0) is 12.9. The van der Waals surface area contributed by atoms with Crippen LogP contribution in [0.3, 0.4) is 0 Å². The molecule has 1 aliphatic heterocycles. The van der Waals surface area contributed by atoms with Crippen molar-refractivity contribution in [1.82, 2.24) is 0 Å². The van der Waals surface area contributed by atoms with E-state index in [0.717, 1.165) is 33.0 Å². The van der Waals surface area contributed by atoms with Gasteiger partial charge in [0.25, 0.3) is 0 Å². The van der Waals surface area contributed by atoms with E-state index in [1.54, 1.807) is 0 Å². The number of halogens is 1. The molecule has 1 unspecified atom stereocenters. The Morgan fingerprint density at radius 1 is 1.33 bits per heavy atom. The molecule has 0 amide bonds. The van der Waals surface area contributed by atoms with Gasteiger partial charge in [-0.15, -0.1) is 0 Å². The van der Waals surface area contributed by atoms with Crippen molar-refractivity contribution in [2.24, 2.45) is 4.40 Å². The van der Waals surface area contributed by atoms with Crippen LogP contribution in [-0.4, -0.2) is 0 Å². The molecule has 0 spiro atoms. The van der Waals surface area contributed by atoms with Gasteiger partial charge in [0.15, 0.2) is 0 Å². The molecule has 18 heavy (non-hydrogen) atoms. The van der Waals surface area contributed by atoms with Crippen molar-refractivity contribution < 1.29 is 4.04 Å². The van der Waals surface area contributed by atoms with Gasteiger partial charge in [-0.05, 0) is 0 Å². The van der Waals surface area contributed by atoms with Crippen molar-refractivity contribution in [3.05, 3.63) is 57.0 Å². The molecule has 0 radical (unpaired) electrons. The number of aryl methyl sites for hydroxylation is 1. The summed E-state index contributed by atoms with van der Waals surface area (Å²) in [6, 6.07) is 6.07. The minimum absolute atomic E-state index is 0.825. The van der Waals surface area contributed by atoms with E-state index in [2.05, 4.69) is 32.2 Å². The van der Waals surface area contributed by atoms with Crippen molar-refractivity contribution in [2.45, 2.75) is 20.3 Å². The van der Waals surface area contributed by atoms with E-state index in [9.17, 15) is 4.04 Å². The van der Waals surface area contributed by atoms with Gasteiger partial charge in [0.05, 0.1) is 0 Å². The third-order valence-corrected chi connectivity index (χ3v) is 6.10. The molecule has 4 heteroatoms. The molecule has 3 rings (SSSR count). The van der Waals surface area contributed by atoms with E-state index < -0.39 is 8.39 Å². The van der Waals surface area contributed by atoms with Gasteiger partial charge in [0, 0.05) is 0 Å². The van der Waals surface area contributed by atoms with Crippen LogP contribution in [0.4, 0.5) is 0 Å². The molecule has 1 heterocycles. The fourth-order valence-electron chi connectivity index (χ4n) is 2.35. The van der Waals surface area contributed by atoms with Crippen LogP contribution in [-0.2, 0) is 4.04 Å². The third kappa shape index (κ3) is 1.79. The summed E-state index contributed by atoms with van der Waals surface area (Å²) in [5.74, 6) is 0. The SMILES string of the molecule is CC1=CC2=c3cccc(C)c3=NS(#[O+])(Br)C2=CC1. The van der Waals surface area contributed by atoms with Gasteiger partial charge in [-0.25, -0.2) is 0 Å². The van der Waals surface area contributed by atoms with E-state index in [-0.39, 0.29) is 0 Å². The molecule has 92 valence electrons. The summed E-state index contributed by atoms with van der Waals surface area (Å²) in [5, 5.41) is 1.93. The molecule has 0 bridgehead atoms. The Hall–Kier alpha value is -0.840. The van der Waals surface area contributed by atoms with Crippen LogP contribution < -0.4 is 10.6 Å². The number of hydrogen-bond donors (Lipinski definition) is 0. The van der Waals surface area contributed by atoms with Crippen LogP contribution in [0, 0.1) is 6.92 Å². The van der Waals surface area contributed by atoms with E-state index in [0.29, 0.717) is 0 Å². The van der Waals surface area contributed by atoms with Gasteiger partial charge in [0.1, 0.15) is 0 Å². The van der Waals surface area contributed by atoms with E-state index >= 15 is 0 Å². The van der Waals surface area contributed by atoms with E-state index in [1.807, 2.05) is 31.2 Å². The summed E-state index contributed by atoms with van der Waals surface area (Å²) in [4.78, 5) is 0.825. The molecule has 0 aromatic heterocycles. The van der Waals surface area contributed by atoms with Crippen molar-refractivity contribution in [3.63, 3.8) is 0 Å². The summed E-state index contributed by atoms with van der Waals surface area (Å²) >= 11 is 3.30. The summed E-state index contributed by atoms with van der Waals surface area (Å²) in [5.41, 5.74) is 3.39. The molecule has 1 aliphatic carbocycles. The van der Waals surface area contributed by atoms with Crippen LogP contribution in [0.5, 0.6) is 0 Å². The van der Waals surface area contributed by atoms with Gasteiger partial charge in [-0.3, -0.25) is 0 Å². The zero-order valence-corrected chi connectivity index (χ0v) is 12.6. The Balaban J connectivity index is 2.55. The fourth-order valence-corrected chi connectivity index (χ4v) is 5.01. The molecule has 1 atom stereocenters. The summed E-state index contributed by atoms with van der Waals surface area (Å²) in [7, 11) is -2.48. The van der Waals surface area contributed by atoms with Gasteiger partial charge in [-0.1, -0.05) is 0 Å². The topological polar surface area (TPSA) is 32.3 Å². The Morgan fingerprint density at radius 2 is 2.11 bits per heavy atom. The van der Waals surface area contributed by atoms with E-state index in [1.165, 1.54) is 5.57 Å². The van der Waals surface area contributed by atoms with Gasteiger partial charge < -0.3 is 0 Å². The molecule has 0 saturated heterocycles. The Bertz CT molecular complexity index is 836. The number of nitrogens with zero attached hydrogens (tertiary/aromatic N) is 1. The van der Waals surface area contributed by atoms with Crippen molar-refractivity contribution >= 4 is 28.8 Å². The molecule has 0 saturated carbocycles. The molecule has 2 nitrogen and oxygen atoms in total. The average Bonchev–Trinajstić information content (AvgIpc) is 2.30. The van der Waals surface area contributed by atoms with Gasteiger partial charge in [0.2, 0.25) is 0 Å². The fraction of sp³-hybridized carbons (Fsp3) is 0.214. The second-order valence-electron chi connectivity index (χ2n) is 4.70. The molecule has 1 aromatic rings. The van der Waals surface area contributed by atoms with Crippen molar-refractivity contribution in [1.29, 1.82) is 0 Å². The molecular weight excluding hydrogens is 310 g/mol. The Kier molecular flexibility index (Phi) is 2.77.